The summed E-state index contributed by atoms with van der Waals surface area (Å²) in [5.74, 6) is -1.24. The second-order valence-electron chi connectivity index (χ2n) is 2.84. The Hall–Kier alpha value is -2.01. The molecule has 16 heavy (non-hydrogen) atoms. The SMILES string of the molecule is NCCCC[C@@H](C(=O)O)N(N=C=O)N=C=O. The smallest absolute Gasteiger partial charge is 0.330 e. The van der Waals surface area contributed by atoms with Gasteiger partial charge < -0.3 is 10.8 Å². The Labute approximate surface area is 91.4 Å². The number of nitrogens with two attached hydrogens (primary N) is 1. The van der Waals surface area contributed by atoms with Crippen molar-refractivity contribution in [1.82, 2.24) is 5.12 Å². The molecule has 0 saturated heterocycles. The van der Waals surface area contributed by atoms with Gasteiger partial charge in [0.2, 0.25) is 0 Å². The van der Waals surface area contributed by atoms with Crippen LogP contribution in [0.5, 0.6) is 0 Å². The van der Waals surface area contributed by atoms with Gasteiger partial charge in [-0.3, -0.25) is 0 Å². The van der Waals surface area contributed by atoms with Crippen LogP contribution in [0, 0.1) is 0 Å². The topological polar surface area (TPSA) is 125 Å². The lowest BCUT2D eigenvalue weighted by atomic mass is 10.1. The molecule has 0 rings (SSSR count). The van der Waals surface area contributed by atoms with E-state index in [-0.39, 0.29) is 6.42 Å². The van der Waals surface area contributed by atoms with E-state index in [4.69, 9.17) is 10.8 Å². The summed E-state index contributed by atoms with van der Waals surface area (Å²) < 4.78 is 0. The lowest BCUT2D eigenvalue weighted by Crippen LogP contribution is -2.34. The molecule has 88 valence electrons. The molecular formula is C8H12N4O4. The van der Waals surface area contributed by atoms with Crippen LogP contribution < -0.4 is 5.73 Å². The number of carboxylic acids is 1. The lowest BCUT2D eigenvalue weighted by Gasteiger charge is -2.17. The third-order valence-corrected chi connectivity index (χ3v) is 1.78. The molecule has 0 aromatic rings. The average molecular weight is 228 g/mol. The van der Waals surface area contributed by atoms with Crippen molar-refractivity contribution in [3.63, 3.8) is 0 Å². The van der Waals surface area contributed by atoms with Gasteiger partial charge in [0.15, 0.2) is 6.04 Å². The highest BCUT2D eigenvalue weighted by atomic mass is 16.4. The molecule has 0 aromatic heterocycles. The predicted molar refractivity (Wildman–Crippen MR) is 52.4 cm³/mol. The Bertz CT molecular complexity index is 302. The van der Waals surface area contributed by atoms with Crippen molar-refractivity contribution in [2.45, 2.75) is 25.3 Å². The first-order chi connectivity index (χ1) is 7.67. The van der Waals surface area contributed by atoms with Gasteiger partial charge in [0.25, 0.3) is 12.2 Å². The van der Waals surface area contributed by atoms with Crippen LogP contribution in [-0.2, 0) is 14.4 Å². The van der Waals surface area contributed by atoms with Crippen molar-refractivity contribution in [3.8, 4) is 0 Å². The molecule has 0 bridgehead atoms. The second kappa shape index (κ2) is 8.31. The fourth-order valence-corrected chi connectivity index (χ4v) is 1.07. The molecule has 0 heterocycles. The highest BCUT2D eigenvalue weighted by molar-refractivity contribution is 5.73. The first kappa shape index (κ1) is 14.0. The van der Waals surface area contributed by atoms with Crippen molar-refractivity contribution in [2.24, 2.45) is 15.9 Å². The van der Waals surface area contributed by atoms with Crippen LogP contribution >= 0.6 is 0 Å². The van der Waals surface area contributed by atoms with Crippen molar-refractivity contribution in [1.29, 1.82) is 0 Å². The predicted octanol–water partition coefficient (Wildman–Crippen LogP) is -0.628. The Balaban J connectivity index is 4.63. The van der Waals surface area contributed by atoms with Crippen LogP contribution in [-0.4, -0.2) is 40.9 Å². The summed E-state index contributed by atoms with van der Waals surface area (Å²) in [6, 6.07) is -1.19. The number of nitrogens with zero attached hydrogens (tertiary/aromatic N) is 3. The Kier molecular flexibility index (Phi) is 7.27. The molecule has 1 atom stereocenters. The van der Waals surface area contributed by atoms with E-state index in [1.165, 1.54) is 0 Å². The maximum atomic E-state index is 10.8. The molecule has 0 aromatic carbocycles. The molecule has 0 spiro atoms. The first-order valence-electron chi connectivity index (χ1n) is 4.55. The van der Waals surface area contributed by atoms with Crippen LogP contribution in [0.3, 0.4) is 0 Å². The third-order valence-electron chi connectivity index (χ3n) is 1.78. The minimum Gasteiger partial charge on any atom is -0.480 e. The number of unbranched alkanes of at least 4 members (excludes halogenated alkanes) is 1. The van der Waals surface area contributed by atoms with E-state index in [9.17, 15) is 14.4 Å². The summed E-state index contributed by atoms with van der Waals surface area (Å²) in [6.45, 7) is 0.431. The molecule has 0 aliphatic heterocycles. The molecule has 0 aliphatic rings. The van der Waals surface area contributed by atoms with Gasteiger partial charge in [-0.2, -0.15) is 0 Å². The molecule has 0 radical (unpaired) electrons. The molecule has 0 aliphatic carbocycles. The fourth-order valence-electron chi connectivity index (χ4n) is 1.07. The van der Waals surface area contributed by atoms with Gasteiger partial charge in [0.05, 0.1) is 0 Å². The zero-order valence-electron chi connectivity index (χ0n) is 8.50. The van der Waals surface area contributed by atoms with Crippen LogP contribution in [0.15, 0.2) is 10.2 Å². The van der Waals surface area contributed by atoms with Crippen molar-refractivity contribution < 1.29 is 19.5 Å². The number of hydrazone groups is 2. The van der Waals surface area contributed by atoms with E-state index in [1.54, 1.807) is 0 Å². The van der Waals surface area contributed by atoms with Gasteiger partial charge in [-0.1, -0.05) is 10.2 Å². The maximum absolute atomic E-state index is 10.8. The van der Waals surface area contributed by atoms with E-state index in [1.807, 2.05) is 0 Å². The second-order valence-corrected chi connectivity index (χ2v) is 2.84. The third kappa shape index (κ3) is 5.02. The number of aliphatic carboxylic acids is 1. The average Bonchev–Trinajstić information content (AvgIpc) is 2.24. The highest BCUT2D eigenvalue weighted by Crippen LogP contribution is 2.09. The molecule has 8 heteroatoms. The quantitative estimate of drug-likeness (QED) is 0.246. The summed E-state index contributed by atoms with van der Waals surface area (Å²) >= 11 is 0. The molecule has 0 saturated carbocycles. The van der Waals surface area contributed by atoms with Gasteiger partial charge in [-0.05, 0) is 25.8 Å². The minimum absolute atomic E-state index is 0.170. The summed E-state index contributed by atoms with van der Waals surface area (Å²) in [5.41, 5.74) is 5.25. The van der Waals surface area contributed by atoms with Gasteiger partial charge in [0, 0.05) is 0 Å². The molecular weight excluding hydrogens is 216 g/mol. The monoisotopic (exact) mass is 228 g/mol. The number of carbonyl (C=O) groups excluding carboxylic acids is 2. The normalized spacial score (nSPS) is 10.8. The molecule has 0 amide bonds. The summed E-state index contributed by atoms with van der Waals surface area (Å²) in [7, 11) is 0. The van der Waals surface area contributed by atoms with Crippen LogP contribution in [0.1, 0.15) is 19.3 Å². The van der Waals surface area contributed by atoms with E-state index in [0.29, 0.717) is 24.5 Å². The fraction of sp³-hybridized carbons (Fsp3) is 0.625. The van der Waals surface area contributed by atoms with Gasteiger partial charge >= 0.3 is 5.97 Å². The first-order valence-corrected chi connectivity index (χ1v) is 4.55. The Morgan fingerprint density at radius 2 is 1.88 bits per heavy atom. The summed E-state index contributed by atoms with van der Waals surface area (Å²) in [6.07, 6.45) is 3.56. The van der Waals surface area contributed by atoms with Crippen molar-refractivity contribution >= 4 is 18.1 Å². The van der Waals surface area contributed by atoms with Crippen LogP contribution in [0.4, 0.5) is 0 Å². The maximum Gasteiger partial charge on any atom is 0.330 e. The molecule has 8 nitrogen and oxygen atoms in total. The minimum atomic E-state index is -1.24. The van der Waals surface area contributed by atoms with Crippen molar-refractivity contribution in [2.75, 3.05) is 6.54 Å². The number of hydrogen-bond donors (Lipinski definition) is 2. The molecule has 0 unspecified atom stereocenters. The Morgan fingerprint density at radius 3 is 2.25 bits per heavy atom. The number of carboxylic acid groups (broad SMARTS) is 1. The summed E-state index contributed by atoms with van der Waals surface area (Å²) in [5, 5.41) is 15.3. The van der Waals surface area contributed by atoms with Gasteiger partial charge in [0.1, 0.15) is 0 Å². The van der Waals surface area contributed by atoms with Crippen LogP contribution in [0.25, 0.3) is 0 Å². The molecule has 0 fully saturated rings. The zero-order valence-corrected chi connectivity index (χ0v) is 8.50. The van der Waals surface area contributed by atoms with Gasteiger partial charge in [-0.25, -0.2) is 14.4 Å². The van der Waals surface area contributed by atoms with Crippen molar-refractivity contribution in [3.05, 3.63) is 0 Å². The molecule has 3 N–H and O–H groups in total. The van der Waals surface area contributed by atoms with E-state index < -0.39 is 12.0 Å². The lowest BCUT2D eigenvalue weighted by molar-refractivity contribution is -0.143. The van der Waals surface area contributed by atoms with E-state index in [0.717, 1.165) is 12.2 Å². The number of carbonyl (C=O) groups is 1. The van der Waals surface area contributed by atoms with E-state index >= 15 is 0 Å². The zero-order chi connectivity index (χ0) is 12.4. The summed E-state index contributed by atoms with van der Waals surface area (Å²) in [4.78, 5) is 30.9. The number of rotatable bonds is 8. The van der Waals surface area contributed by atoms with E-state index in [2.05, 4.69) is 10.2 Å². The highest BCUT2D eigenvalue weighted by Gasteiger charge is 2.24. The van der Waals surface area contributed by atoms with Gasteiger partial charge in [-0.15, -0.1) is 5.12 Å². The standard InChI is InChI=1S/C8H12N4O4/c9-4-2-1-3-7(8(15)16)12(10-5-13)11-6-14/h7H,1-4,9H2,(H,15,16)/t7-/m0/s1. The number of hydrogen-bond acceptors (Lipinski definition) is 7. The largest absolute Gasteiger partial charge is 0.480 e. The number of isocyanates is 2. The Morgan fingerprint density at radius 1 is 1.31 bits per heavy atom. The van der Waals surface area contributed by atoms with Crippen LogP contribution in [0.2, 0.25) is 0 Å².